The van der Waals surface area contributed by atoms with Gasteiger partial charge in [-0.25, -0.2) is 9.97 Å². The van der Waals surface area contributed by atoms with Crippen LogP contribution >= 0.6 is 0 Å². The Hall–Kier alpha value is -3.81. The van der Waals surface area contributed by atoms with E-state index in [9.17, 15) is 13.2 Å². The van der Waals surface area contributed by atoms with Crippen LogP contribution in [0, 0.1) is 6.92 Å². The third kappa shape index (κ3) is 4.32. The van der Waals surface area contributed by atoms with Crippen molar-refractivity contribution in [3.8, 4) is 28.5 Å². The van der Waals surface area contributed by atoms with Crippen LogP contribution in [0.3, 0.4) is 0 Å². The topological polar surface area (TPSA) is 55.7 Å². The molecule has 1 N–H and O–H groups in total. The normalized spacial score (nSPS) is 15.1. The number of aromatic amines is 1. The number of rotatable bonds is 4. The summed E-state index contributed by atoms with van der Waals surface area (Å²) in [6.07, 6.45) is 1.31. The molecule has 3 aromatic carbocycles. The summed E-state index contributed by atoms with van der Waals surface area (Å²) in [5.41, 5.74) is 6.66. The lowest BCUT2D eigenvalue weighted by molar-refractivity contribution is -0.274. The number of ether oxygens (including phenoxy) is 1. The van der Waals surface area contributed by atoms with Crippen molar-refractivity contribution in [2.24, 2.45) is 0 Å². The molecular formula is C28H25F3N4O. The number of hydrogen-bond donors (Lipinski definition) is 1. The highest BCUT2D eigenvalue weighted by Crippen LogP contribution is 2.37. The van der Waals surface area contributed by atoms with Crippen molar-refractivity contribution < 1.29 is 17.9 Å². The Kier molecular flexibility index (Phi) is 5.47. The summed E-state index contributed by atoms with van der Waals surface area (Å²) in [5, 5.41) is 0. The molecule has 5 nitrogen and oxygen atoms in total. The lowest BCUT2D eigenvalue weighted by Gasteiger charge is -2.25. The Morgan fingerprint density at radius 3 is 2.36 bits per heavy atom. The van der Waals surface area contributed by atoms with E-state index in [2.05, 4.69) is 45.5 Å². The quantitative estimate of drug-likeness (QED) is 0.278. The highest BCUT2D eigenvalue weighted by molar-refractivity contribution is 5.86. The minimum atomic E-state index is -4.72. The zero-order valence-corrected chi connectivity index (χ0v) is 19.8. The second-order valence-electron chi connectivity index (χ2n) is 9.48. The number of halogens is 3. The lowest BCUT2D eigenvalue weighted by atomic mass is 9.94. The van der Waals surface area contributed by atoms with E-state index in [0.717, 1.165) is 40.8 Å². The van der Waals surface area contributed by atoms with Crippen LogP contribution in [0.4, 0.5) is 13.2 Å². The molecule has 1 aliphatic carbocycles. The molecule has 1 fully saturated rings. The van der Waals surface area contributed by atoms with Gasteiger partial charge in [-0.1, -0.05) is 25.3 Å². The van der Waals surface area contributed by atoms with Crippen LogP contribution in [-0.4, -0.2) is 25.9 Å². The fourth-order valence-corrected chi connectivity index (χ4v) is 5.21. The van der Waals surface area contributed by atoms with Crippen molar-refractivity contribution in [2.75, 3.05) is 0 Å². The molecule has 0 radical (unpaired) electrons. The van der Waals surface area contributed by atoms with Gasteiger partial charge in [-0.2, -0.15) is 0 Å². The molecule has 0 unspecified atom stereocenters. The first-order valence-corrected chi connectivity index (χ1v) is 12.2. The number of fused-ring (bicyclic) bond motifs is 2. The number of benzene rings is 3. The maximum atomic E-state index is 12.5. The monoisotopic (exact) mass is 490 g/mol. The van der Waals surface area contributed by atoms with Gasteiger partial charge in [0.25, 0.3) is 0 Å². The van der Waals surface area contributed by atoms with E-state index in [1.807, 2.05) is 12.1 Å². The summed E-state index contributed by atoms with van der Waals surface area (Å²) >= 11 is 0. The molecule has 0 spiro atoms. The maximum Gasteiger partial charge on any atom is 0.573 e. The standard InChI is InChI=1S/C28H25F3N4O/c1-17-7-13-23-25(15-17)35(20-5-3-2-4-6-20)27(34-23)19-10-14-22-24(16-19)33-26(32-22)18-8-11-21(12-9-18)36-28(29,30)31/h7-16,20H,2-6H2,1H3,(H,32,33). The van der Waals surface area contributed by atoms with E-state index in [1.54, 1.807) is 12.1 Å². The second-order valence-corrected chi connectivity index (χ2v) is 9.48. The van der Waals surface area contributed by atoms with Gasteiger partial charge >= 0.3 is 6.36 Å². The van der Waals surface area contributed by atoms with E-state index in [0.29, 0.717) is 17.4 Å². The zero-order chi connectivity index (χ0) is 24.9. The molecule has 184 valence electrons. The number of alkyl halides is 3. The smallest absolute Gasteiger partial charge is 0.406 e. The molecule has 1 aliphatic rings. The van der Waals surface area contributed by atoms with Crippen LogP contribution in [0.1, 0.15) is 43.7 Å². The maximum absolute atomic E-state index is 12.5. The molecule has 5 aromatic rings. The van der Waals surface area contributed by atoms with Crippen molar-refractivity contribution in [3.63, 3.8) is 0 Å². The Bertz CT molecular complexity index is 1540. The highest BCUT2D eigenvalue weighted by atomic mass is 19.4. The van der Waals surface area contributed by atoms with Crippen LogP contribution in [0.5, 0.6) is 5.75 Å². The molecule has 6 rings (SSSR count). The predicted octanol–water partition coefficient (Wildman–Crippen LogP) is 7.96. The number of aryl methyl sites for hydroxylation is 1. The molecule has 2 aromatic heterocycles. The number of nitrogens with one attached hydrogen (secondary N) is 1. The molecule has 0 atom stereocenters. The van der Waals surface area contributed by atoms with Crippen LogP contribution in [0.15, 0.2) is 60.7 Å². The average molecular weight is 491 g/mol. The fourth-order valence-electron chi connectivity index (χ4n) is 5.21. The molecule has 1 saturated carbocycles. The van der Waals surface area contributed by atoms with Gasteiger partial charge in [0.1, 0.15) is 17.4 Å². The first-order valence-electron chi connectivity index (χ1n) is 12.2. The molecule has 0 bridgehead atoms. The van der Waals surface area contributed by atoms with E-state index >= 15 is 0 Å². The van der Waals surface area contributed by atoms with Gasteiger partial charge in [-0.15, -0.1) is 13.2 Å². The number of nitrogens with zero attached hydrogens (tertiary/aromatic N) is 3. The second kappa shape index (κ2) is 8.69. The largest absolute Gasteiger partial charge is 0.573 e. The third-order valence-corrected chi connectivity index (χ3v) is 6.89. The van der Waals surface area contributed by atoms with Gasteiger partial charge in [0.2, 0.25) is 0 Å². The molecule has 2 heterocycles. The average Bonchev–Trinajstić information content (AvgIpc) is 3.45. The molecule has 8 heteroatoms. The van der Waals surface area contributed by atoms with E-state index in [1.165, 1.54) is 42.5 Å². The summed E-state index contributed by atoms with van der Waals surface area (Å²) in [7, 11) is 0. The van der Waals surface area contributed by atoms with Crippen LogP contribution in [0.2, 0.25) is 0 Å². The van der Waals surface area contributed by atoms with Crippen LogP contribution < -0.4 is 4.74 Å². The fraction of sp³-hybridized carbons (Fsp3) is 0.286. The Morgan fingerprint density at radius 1 is 0.861 bits per heavy atom. The van der Waals surface area contributed by atoms with Crippen LogP contribution in [0.25, 0.3) is 44.8 Å². The Labute approximate surface area is 206 Å². The van der Waals surface area contributed by atoms with Crippen molar-refractivity contribution in [3.05, 3.63) is 66.2 Å². The van der Waals surface area contributed by atoms with Crippen molar-refractivity contribution in [1.29, 1.82) is 0 Å². The molecule has 0 saturated heterocycles. The van der Waals surface area contributed by atoms with E-state index in [-0.39, 0.29) is 5.75 Å². The van der Waals surface area contributed by atoms with Gasteiger partial charge in [0, 0.05) is 17.2 Å². The van der Waals surface area contributed by atoms with Gasteiger partial charge in [0.05, 0.1) is 22.1 Å². The SMILES string of the molecule is Cc1ccc2nc(-c3ccc4[nH]c(-c5ccc(OC(F)(F)F)cc5)nc4c3)n(C3CCCCC3)c2c1. The minimum absolute atomic E-state index is 0.263. The van der Waals surface area contributed by atoms with Crippen LogP contribution in [-0.2, 0) is 0 Å². The summed E-state index contributed by atoms with van der Waals surface area (Å²) in [6.45, 7) is 2.11. The van der Waals surface area contributed by atoms with E-state index in [4.69, 9.17) is 9.97 Å². The number of H-pyrrole nitrogens is 1. The summed E-state index contributed by atoms with van der Waals surface area (Å²) in [4.78, 5) is 13.0. The van der Waals surface area contributed by atoms with E-state index < -0.39 is 6.36 Å². The highest BCUT2D eigenvalue weighted by Gasteiger charge is 2.31. The Balaban J connectivity index is 1.39. The van der Waals surface area contributed by atoms with Gasteiger partial charge < -0.3 is 14.3 Å². The lowest BCUT2D eigenvalue weighted by Crippen LogP contribution is -2.16. The van der Waals surface area contributed by atoms with Crippen molar-refractivity contribution >= 4 is 22.1 Å². The number of imidazole rings is 2. The molecule has 0 amide bonds. The number of aromatic nitrogens is 4. The first-order chi connectivity index (χ1) is 17.3. The van der Waals surface area contributed by atoms with Crippen molar-refractivity contribution in [2.45, 2.75) is 51.4 Å². The zero-order valence-electron chi connectivity index (χ0n) is 19.8. The van der Waals surface area contributed by atoms with Gasteiger partial charge in [-0.3, -0.25) is 0 Å². The molecule has 36 heavy (non-hydrogen) atoms. The predicted molar refractivity (Wildman–Crippen MR) is 134 cm³/mol. The Morgan fingerprint density at radius 2 is 1.61 bits per heavy atom. The van der Waals surface area contributed by atoms with Gasteiger partial charge in [0.15, 0.2) is 0 Å². The first kappa shape index (κ1) is 22.6. The minimum Gasteiger partial charge on any atom is -0.406 e. The van der Waals surface area contributed by atoms with Gasteiger partial charge in [-0.05, 0) is 79.9 Å². The summed E-state index contributed by atoms with van der Waals surface area (Å²) < 4.78 is 43.8. The van der Waals surface area contributed by atoms with Crippen molar-refractivity contribution in [1.82, 2.24) is 19.5 Å². The third-order valence-electron chi connectivity index (χ3n) is 6.89. The summed E-state index contributed by atoms with van der Waals surface area (Å²) in [5.74, 6) is 1.27. The molecular weight excluding hydrogens is 465 g/mol. The molecule has 0 aliphatic heterocycles. The summed E-state index contributed by atoms with van der Waals surface area (Å²) in [6, 6.07) is 18.6. The number of hydrogen-bond acceptors (Lipinski definition) is 3.